The van der Waals surface area contributed by atoms with E-state index in [1.54, 1.807) is 20.8 Å². The van der Waals surface area contributed by atoms with E-state index in [2.05, 4.69) is 0 Å². The van der Waals surface area contributed by atoms with Gasteiger partial charge < -0.3 is 34.6 Å². The van der Waals surface area contributed by atoms with Crippen LogP contribution in [-0.2, 0) is 33.4 Å². The lowest BCUT2D eigenvalue weighted by atomic mass is 9.38. The molecule has 3 aliphatic carbocycles. The molecule has 2 saturated carbocycles. The molecule has 2 heterocycles. The van der Waals surface area contributed by atoms with E-state index in [0.29, 0.717) is 5.57 Å². The van der Waals surface area contributed by atoms with Crippen molar-refractivity contribution in [3.63, 3.8) is 0 Å². The summed E-state index contributed by atoms with van der Waals surface area (Å²) < 4.78 is 16.5. The first kappa shape index (κ1) is 22.5. The number of ether oxygens (including phenoxy) is 3. The fourth-order valence-electron chi connectivity index (χ4n) is 7.90. The number of hydrogen-bond donors (Lipinski definition) is 4. The summed E-state index contributed by atoms with van der Waals surface area (Å²) in [5.74, 6) is -10.6. The molecular weight excluding hydrogens is 440 g/mol. The Kier molecular flexibility index (Phi) is 4.50. The fraction of sp³-hybridized carbons (Fsp3) is 0.727. The van der Waals surface area contributed by atoms with Crippen molar-refractivity contribution in [3.05, 3.63) is 11.6 Å². The summed E-state index contributed by atoms with van der Waals surface area (Å²) in [6.07, 6.45) is -4.07. The number of aliphatic hydroxyl groups is 3. The minimum absolute atomic E-state index is 0.203. The summed E-state index contributed by atoms with van der Waals surface area (Å²) in [6.45, 7) is 4.71. The Labute approximate surface area is 188 Å². The van der Waals surface area contributed by atoms with Crippen LogP contribution in [-0.4, -0.2) is 80.9 Å². The highest BCUT2D eigenvalue weighted by Crippen LogP contribution is 2.73. The highest BCUT2D eigenvalue weighted by molar-refractivity contribution is 6.29. The minimum atomic E-state index is -2.18. The predicted molar refractivity (Wildman–Crippen MR) is 104 cm³/mol. The van der Waals surface area contributed by atoms with Gasteiger partial charge in [0.2, 0.25) is 6.10 Å². The van der Waals surface area contributed by atoms with Crippen LogP contribution in [0.25, 0.3) is 0 Å². The van der Waals surface area contributed by atoms with Crippen molar-refractivity contribution in [3.8, 4) is 0 Å². The second-order valence-electron chi connectivity index (χ2n) is 10.3. The van der Waals surface area contributed by atoms with Crippen molar-refractivity contribution in [2.45, 2.75) is 57.4 Å². The Morgan fingerprint density at radius 1 is 1.24 bits per heavy atom. The van der Waals surface area contributed by atoms with Gasteiger partial charge in [0.05, 0.1) is 6.61 Å². The number of ketones is 1. The number of carboxylic acids is 1. The quantitative estimate of drug-likeness (QED) is 0.269. The molecule has 11 atom stereocenters. The molecule has 11 heteroatoms. The minimum Gasteiger partial charge on any atom is -0.473 e. The number of esters is 2. The molecule has 5 aliphatic rings. The molecule has 1 spiro atoms. The van der Waals surface area contributed by atoms with Crippen LogP contribution in [0.5, 0.6) is 0 Å². The lowest BCUT2D eigenvalue weighted by Gasteiger charge is -2.68. The zero-order valence-corrected chi connectivity index (χ0v) is 18.3. The number of fused-ring (bicyclic) bond motifs is 1. The van der Waals surface area contributed by atoms with Gasteiger partial charge in [0.15, 0.2) is 11.6 Å². The average Bonchev–Trinajstić information content (AvgIpc) is 3.03. The summed E-state index contributed by atoms with van der Waals surface area (Å²) in [6, 6.07) is 0. The normalized spacial score (nSPS) is 52.2. The summed E-state index contributed by atoms with van der Waals surface area (Å²) in [5.41, 5.74) is -1.90. The predicted octanol–water partition coefficient (Wildman–Crippen LogP) is -1.23. The molecule has 2 saturated heterocycles. The molecule has 33 heavy (non-hydrogen) atoms. The van der Waals surface area contributed by atoms with Crippen molar-refractivity contribution in [2.75, 3.05) is 6.61 Å². The number of aliphatic hydroxyl groups excluding tert-OH is 2. The average molecular weight is 466 g/mol. The maximum atomic E-state index is 13.0. The largest absolute Gasteiger partial charge is 0.473 e. The Morgan fingerprint density at radius 2 is 1.91 bits per heavy atom. The molecule has 11 nitrogen and oxygen atoms in total. The molecule has 2 bridgehead atoms. The van der Waals surface area contributed by atoms with Crippen molar-refractivity contribution in [2.24, 2.45) is 34.5 Å². The van der Waals surface area contributed by atoms with Gasteiger partial charge in [0.1, 0.15) is 18.3 Å². The lowest BCUT2D eigenvalue weighted by Crippen LogP contribution is -2.78. The first-order chi connectivity index (χ1) is 15.3. The molecule has 0 aromatic carbocycles. The smallest absolute Gasteiger partial charge is 0.418 e. The molecule has 180 valence electrons. The van der Waals surface area contributed by atoms with E-state index in [4.69, 9.17) is 19.3 Å². The highest BCUT2D eigenvalue weighted by atomic mass is 16.7. The Bertz CT molecular complexity index is 1000. The van der Waals surface area contributed by atoms with Crippen molar-refractivity contribution in [1.29, 1.82) is 0 Å². The number of rotatable bonds is 1. The van der Waals surface area contributed by atoms with Crippen LogP contribution in [0, 0.1) is 34.5 Å². The van der Waals surface area contributed by atoms with Crippen LogP contribution in [0.4, 0.5) is 0 Å². The molecule has 0 aromatic rings. The van der Waals surface area contributed by atoms with Crippen LogP contribution < -0.4 is 0 Å². The van der Waals surface area contributed by atoms with Crippen LogP contribution in [0.2, 0.25) is 0 Å². The van der Waals surface area contributed by atoms with Gasteiger partial charge in [0.25, 0.3) is 0 Å². The van der Waals surface area contributed by atoms with Gasteiger partial charge in [-0.05, 0) is 31.3 Å². The number of hydrogen-bond acceptors (Lipinski definition) is 10. The standard InChI is InChI=1S/C22H26O11/c1-7-4-10(23)15(25)20(3)9(7)5-11-21-6-31-22(30,19(20)21)14(24)8(2)12(21)13(17(28)32-11)33-18(29)16(26)27/h4,8-9,11-15,19,24-25,30H,5-6H2,1-3H3,(H,26,27)/t8-,9?,11?,12?,13?,14-,15-,19?,20-,21-,22?/m1/s1. The maximum Gasteiger partial charge on any atom is 0.418 e. The topological polar surface area (TPSA) is 177 Å². The number of carbonyl (C=O) groups is 4. The van der Waals surface area contributed by atoms with E-state index >= 15 is 0 Å². The molecule has 0 aromatic heterocycles. The van der Waals surface area contributed by atoms with Gasteiger partial charge in [-0.2, -0.15) is 0 Å². The Hall–Kier alpha value is -2.34. The van der Waals surface area contributed by atoms with Crippen molar-refractivity contribution < 1.29 is 53.8 Å². The second-order valence-corrected chi connectivity index (χ2v) is 10.3. The highest BCUT2D eigenvalue weighted by Gasteiger charge is 2.83. The molecule has 4 fully saturated rings. The number of carbonyl (C=O) groups excluding carboxylic acids is 3. The van der Waals surface area contributed by atoms with Crippen molar-refractivity contribution >= 4 is 23.7 Å². The van der Waals surface area contributed by atoms with E-state index in [1.165, 1.54) is 6.08 Å². The van der Waals surface area contributed by atoms with Crippen molar-refractivity contribution in [1.82, 2.24) is 0 Å². The molecule has 5 rings (SSSR count). The first-order valence-corrected chi connectivity index (χ1v) is 10.9. The van der Waals surface area contributed by atoms with E-state index in [0.717, 1.165) is 0 Å². The van der Waals surface area contributed by atoms with Gasteiger partial charge in [-0.1, -0.05) is 19.4 Å². The van der Waals surface area contributed by atoms with E-state index in [9.17, 15) is 34.5 Å². The fourth-order valence-corrected chi connectivity index (χ4v) is 7.90. The summed E-state index contributed by atoms with van der Waals surface area (Å²) in [7, 11) is 0. The summed E-state index contributed by atoms with van der Waals surface area (Å²) in [4.78, 5) is 48.6. The molecule has 2 aliphatic heterocycles. The Balaban J connectivity index is 1.73. The van der Waals surface area contributed by atoms with E-state index in [1.807, 2.05) is 0 Å². The van der Waals surface area contributed by atoms with Gasteiger partial charge in [0, 0.05) is 22.7 Å². The van der Waals surface area contributed by atoms with Crippen LogP contribution in [0.3, 0.4) is 0 Å². The molecule has 0 radical (unpaired) electrons. The number of aliphatic carboxylic acids is 1. The van der Waals surface area contributed by atoms with E-state index in [-0.39, 0.29) is 13.0 Å². The lowest BCUT2D eigenvalue weighted by molar-refractivity contribution is -0.339. The number of carboxylic acid groups (broad SMARTS) is 1. The second kappa shape index (κ2) is 6.62. The third-order valence-corrected chi connectivity index (χ3v) is 9.04. The van der Waals surface area contributed by atoms with Crippen LogP contribution in [0.1, 0.15) is 27.2 Å². The molecule has 0 amide bonds. The maximum absolute atomic E-state index is 13.0. The van der Waals surface area contributed by atoms with Gasteiger partial charge in [-0.25, -0.2) is 14.4 Å². The van der Waals surface area contributed by atoms with Gasteiger partial charge in [-0.15, -0.1) is 0 Å². The monoisotopic (exact) mass is 466 g/mol. The van der Waals surface area contributed by atoms with Crippen LogP contribution >= 0.6 is 0 Å². The zero-order chi connectivity index (χ0) is 24.2. The van der Waals surface area contributed by atoms with Gasteiger partial charge in [-0.3, -0.25) is 4.79 Å². The van der Waals surface area contributed by atoms with Gasteiger partial charge >= 0.3 is 17.9 Å². The molecular formula is C22H26O11. The third kappa shape index (κ3) is 2.43. The Morgan fingerprint density at radius 3 is 2.55 bits per heavy atom. The third-order valence-electron chi connectivity index (χ3n) is 9.04. The molecule has 4 N–H and O–H groups in total. The SMILES string of the molecule is CC1=CC(=O)[C@@H](O)[C@@]2(C)C1CC1OC(=O)C(OC(=O)C(=O)O)C3[C@@H](C)[C@@H](O)C4(O)OC[C@@]13C42. The molecule has 6 unspecified atom stereocenters. The number of allylic oxidation sites excluding steroid dienone is 1. The van der Waals surface area contributed by atoms with E-state index < -0.39 is 88.4 Å². The zero-order valence-electron chi connectivity index (χ0n) is 18.3. The first-order valence-electron chi connectivity index (χ1n) is 10.9. The summed E-state index contributed by atoms with van der Waals surface area (Å²) >= 11 is 0. The van der Waals surface area contributed by atoms with Crippen LogP contribution in [0.15, 0.2) is 11.6 Å². The summed E-state index contributed by atoms with van der Waals surface area (Å²) in [5, 5.41) is 43.0.